The molecule has 4 heteroatoms. The summed E-state index contributed by atoms with van der Waals surface area (Å²) in [7, 11) is 0. The molecule has 0 fully saturated rings. The molecule has 2 aliphatic rings. The molecule has 1 amide bonds. The van der Waals surface area contributed by atoms with Crippen LogP contribution in [-0.4, -0.2) is 24.0 Å². The summed E-state index contributed by atoms with van der Waals surface area (Å²) >= 11 is 0. The number of Topliss-reactive ketones (excluding diaryl/α,β-unsaturated/α-hetero) is 2. The SMILES string of the molecule is CCCCNC(=O)C1=CC2C(=O)c3ccccc3C(=O)C2C=C1. The maximum atomic E-state index is 12.7. The normalized spacial score (nSPS) is 22.2. The van der Waals surface area contributed by atoms with Crippen molar-refractivity contribution in [1.29, 1.82) is 0 Å². The molecule has 2 aliphatic carbocycles. The minimum absolute atomic E-state index is 0.0526. The van der Waals surface area contributed by atoms with Gasteiger partial charge in [-0.2, -0.15) is 0 Å². The fourth-order valence-corrected chi connectivity index (χ4v) is 3.07. The molecular weight excluding hydrogens is 290 g/mol. The van der Waals surface area contributed by atoms with Crippen LogP contribution in [0.5, 0.6) is 0 Å². The number of nitrogens with one attached hydrogen (secondary N) is 1. The summed E-state index contributed by atoms with van der Waals surface area (Å²) < 4.78 is 0. The van der Waals surface area contributed by atoms with E-state index in [-0.39, 0.29) is 17.5 Å². The molecule has 1 N–H and O–H groups in total. The second-order valence-electron chi connectivity index (χ2n) is 5.92. The van der Waals surface area contributed by atoms with Crippen LogP contribution in [0.15, 0.2) is 48.1 Å². The summed E-state index contributed by atoms with van der Waals surface area (Å²) in [4.78, 5) is 37.4. The number of carbonyl (C=O) groups is 3. The van der Waals surface area contributed by atoms with Gasteiger partial charge in [0, 0.05) is 23.2 Å². The predicted octanol–water partition coefficient (Wildman–Crippen LogP) is 2.71. The van der Waals surface area contributed by atoms with E-state index in [9.17, 15) is 14.4 Å². The number of ketones is 2. The lowest BCUT2D eigenvalue weighted by Crippen LogP contribution is -2.37. The van der Waals surface area contributed by atoms with E-state index in [0.717, 1.165) is 12.8 Å². The molecule has 0 saturated carbocycles. The minimum atomic E-state index is -0.575. The number of fused-ring (bicyclic) bond motifs is 2. The van der Waals surface area contributed by atoms with E-state index in [1.54, 1.807) is 42.5 Å². The Balaban J connectivity index is 1.86. The van der Waals surface area contributed by atoms with Gasteiger partial charge in [-0.15, -0.1) is 0 Å². The lowest BCUT2D eigenvalue weighted by atomic mass is 9.71. The Hall–Kier alpha value is -2.49. The van der Waals surface area contributed by atoms with Crippen molar-refractivity contribution in [3.05, 3.63) is 59.2 Å². The summed E-state index contributed by atoms with van der Waals surface area (Å²) in [6, 6.07) is 6.89. The number of amides is 1. The summed E-state index contributed by atoms with van der Waals surface area (Å²) in [6.07, 6.45) is 6.91. The van der Waals surface area contributed by atoms with E-state index < -0.39 is 11.8 Å². The Bertz CT molecular complexity index is 730. The fraction of sp³-hybridized carbons (Fsp3) is 0.316. The van der Waals surface area contributed by atoms with Crippen molar-refractivity contribution in [1.82, 2.24) is 5.32 Å². The molecule has 0 heterocycles. The van der Waals surface area contributed by atoms with Gasteiger partial charge in [-0.05, 0) is 6.42 Å². The van der Waals surface area contributed by atoms with Crippen molar-refractivity contribution in [2.24, 2.45) is 11.8 Å². The van der Waals surface area contributed by atoms with Crippen LogP contribution in [-0.2, 0) is 4.79 Å². The van der Waals surface area contributed by atoms with Crippen LogP contribution in [0.3, 0.4) is 0 Å². The largest absolute Gasteiger partial charge is 0.352 e. The Kier molecular flexibility index (Phi) is 4.24. The minimum Gasteiger partial charge on any atom is -0.352 e. The van der Waals surface area contributed by atoms with E-state index in [1.165, 1.54) is 0 Å². The average molecular weight is 309 g/mol. The van der Waals surface area contributed by atoms with Gasteiger partial charge in [0.05, 0.1) is 11.8 Å². The summed E-state index contributed by atoms with van der Waals surface area (Å²) in [5, 5.41) is 2.84. The van der Waals surface area contributed by atoms with Crippen LogP contribution in [0, 0.1) is 11.8 Å². The van der Waals surface area contributed by atoms with Crippen molar-refractivity contribution < 1.29 is 14.4 Å². The number of hydrogen-bond donors (Lipinski definition) is 1. The smallest absolute Gasteiger partial charge is 0.250 e. The molecule has 23 heavy (non-hydrogen) atoms. The molecule has 0 bridgehead atoms. The highest BCUT2D eigenvalue weighted by atomic mass is 16.2. The first-order chi connectivity index (χ1) is 11.1. The van der Waals surface area contributed by atoms with Gasteiger partial charge in [0.25, 0.3) is 5.91 Å². The predicted molar refractivity (Wildman–Crippen MR) is 87.2 cm³/mol. The second-order valence-corrected chi connectivity index (χ2v) is 5.92. The zero-order valence-electron chi connectivity index (χ0n) is 13.0. The quantitative estimate of drug-likeness (QED) is 0.870. The Morgan fingerprint density at radius 2 is 1.74 bits per heavy atom. The second kappa shape index (κ2) is 6.32. The molecular formula is C19H19NO3. The van der Waals surface area contributed by atoms with Crippen LogP contribution in [0.1, 0.15) is 40.5 Å². The van der Waals surface area contributed by atoms with Gasteiger partial charge < -0.3 is 5.32 Å². The topological polar surface area (TPSA) is 63.2 Å². The van der Waals surface area contributed by atoms with Crippen LogP contribution >= 0.6 is 0 Å². The molecule has 0 saturated heterocycles. The van der Waals surface area contributed by atoms with Crippen molar-refractivity contribution >= 4 is 17.5 Å². The monoisotopic (exact) mass is 309 g/mol. The fourth-order valence-electron chi connectivity index (χ4n) is 3.07. The molecule has 2 atom stereocenters. The summed E-state index contributed by atoms with van der Waals surface area (Å²) in [6.45, 7) is 2.67. The highest BCUT2D eigenvalue weighted by Crippen LogP contribution is 2.35. The third kappa shape index (κ3) is 2.77. The van der Waals surface area contributed by atoms with E-state index in [1.807, 2.05) is 0 Å². The van der Waals surface area contributed by atoms with Gasteiger partial charge in [0.2, 0.25) is 0 Å². The molecule has 0 aliphatic heterocycles. The average Bonchev–Trinajstić information content (AvgIpc) is 2.59. The molecule has 0 spiro atoms. The number of unbranched alkanes of at least 4 members (excludes halogenated alkanes) is 1. The van der Waals surface area contributed by atoms with Crippen LogP contribution in [0.4, 0.5) is 0 Å². The number of benzene rings is 1. The van der Waals surface area contributed by atoms with Crippen molar-refractivity contribution in [3.8, 4) is 0 Å². The molecule has 1 aromatic rings. The van der Waals surface area contributed by atoms with E-state index in [2.05, 4.69) is 12.2 Å². The molecule has 2 unspecified atom stereocenters. The van der Waals surface area contributed by atoms with Gasteiger partial charge in [0.15, 0.2) is 11.6 Å². The van der Waals surface area contributed by atoms with Crippen molar-refractivity contribution in [2.45, 2.75) is 19.8 Å². The number of hydrogen-bond acceptors (Lipinski definition) is 3. The van der Waals surface area contributed by atoms with Gasteiger partial charge >= 0.3 is 0 Å². The standard InChI is InChI=1S/C19H19NO3/c1-2-3-10-20-19(23)12-8-9-15-16(11-12)18(22)14-7-5-4-6-13(14)17(15)21/h4-9,11,15-16H,2-3,10H2,1H3,(H,20,23). The van der Waals surface area contributed by atoms with E-state index in [0.29, 0.717) is 23.2 Å². The number of allylic oxidation sites excluding steroid dienone is 2. The van der Waals surface area contributed by atoms with E-state index in [4.69, 9.17) is 0 Å². The summed E-state index contributed by atoms with van der Waals surface area (Å²) in [5.41, 5.74) is 1.39. The lowest BCUT2D eigenvalue weighted by Gasteiger charge is -2.29. The Morgan fingerprint density at radius 3 is 2.39 bits per heavy atom. The van der Waals surface area contributed by atoms with Gasteiger partial charge in [-0.1, -0.05) is 55.8 Å². The molecule has 3 rings (SSSR count). The van der Waals surface area contributed by atoms with Crippen LogP contribution in [0.25, 0.3) is 0 Å². The highest BCUT2D eigenvalue weighted by Gasteiger charge is 2.40. The molecule has 1 aromatic carbocycles. The zero-order chi connectivity index (χ0) is 16.4. The van der Waals surface area contributed by atoms with Crippen LogP contribution < -0.4 is 5.32 Å². The van der Waals surface area contributed by atoms with Gasteiger partial charge in [0.1, 0.15) is 0 Å². The molecule has 4 nitrogen and oxygen atoms in total. The number of carbonyl (C=O) groups excluding carboxylic acids is 3. The first kappa shape index (κ1) is 15.4. The van der Waals surface area contributed by atoms with Gasteiger partial charge in [-0.3, -0.25) is 14.4 Å². The zero-order valence-corrected chi connectivity index (χ0v) is 13.0. The maximum Gasteiger partial charge on any atom is 0.250 e. The lowest BCUT2D eigenvalue weighted by molar-refractivity contribution is -0.117. The summed E-state index contributed by atoms with van der Waals surface area (Å²) in [5.74, 6) is -1.40. The molecule has 118 valence electrons. The highest BCUT2D eigenvalue weighted by molar-refractivity contribution is 6.18. The third-order valence-corrected chi connectivity index (χ3v) is 4.37. The van der Waals surface area contributed by atoms with Crippen molar-refractivity contribution in [2.75, 3.05) is 6.54 Å². The first-order valence-corrected chi connectivity index (χ1v) is 7.99. The van der Waals surface area contributed by atoms with Gasteiger partial charge in [-0.25, -0.2) is 0 Å². The van der Waals surface area contributed by atoms with Crippen LogP contribution in [0.2, 0.25) is 0 Å². The third-order valence-electron chi connectivity index (χ3n) is 4.37. The Morgan fingerprint density at radius 1 is 1.09 bits per heavy atom. The van der Waals surface area contributed by atoms with Crippen molar-refractivity contribution in [3.63, 3.8) is 0 Å². The molecule has 0 aromatic heterocycles. The van der Waals surface area contributed by atoms with E-state index >= 15 is 0 Å². The first-order valence-electron chi connectivity index (χ1n) is 7.99. The Labute approximate surface area is 135 Å². The number of rotatable bonds is 4. The maximum absolute atomic E-state index is 12.7. The molecule has 0 radical (unpaired) electrons.